The maximum Gasteiger partial charge on any atom is -0.000728 e. The summed E-state index contributed by atoms with van der Waals surface area (Å²) in [7, 11) is 0. The van der Waals surface area contributed by atoms with Crippen molar-refractivity contribution in [1.29, 1.82) is 0 Å². The molecule has 0 fully saturated rings. The minimum absolute atomic E-state index is 1.02. The molecule has 5 rings (SSSR count). The second-order valence-electron chi connectivity index (χ2n) is 6.62. The first kappa shape index (κ1) is 14.2. The Morgan fingerprint density at radius 1 is 0.440 bits per heavy atom. The lowest BCUT2D eigenvalue weighted by molar-refractivity contribution is 1.26. The van der Waals surface area contributed by atoms with Gasteiger partial charge in [0.1, 0.15) is 0 Å². The highest BCUT2D eigenvalue weighted by molar-refractivity contribution is 5.89. The molecule has 25 heavy (non-hydrogen) atoms. The van der Waals surface area contributed by atoms with E-state index in [0.717, 1.165) is 6.42 Å². The SMILES string of the molecule is c1ccc(-c2cc(-c3ccccc3)c3c(c2)-c2ccccc2C3)cc1. The fourth-order valence-electron chi connectivity index (χ4n) is 3.90. The molecule has 4 aromatic rings. The third kappa shape index (κ3) is 2.38. The lowest BCUT2D eigenvalue weighted by Gasteiger charge is -2.13. The fraction of sp³-hybridized carbons (Fsp3) is 0.0400. The number of hydrogen-bond acceptors (Lipinski definition) is 0. The van der Waals surface area contributed by atoms with Crippen LogP contribution in [0.1, 0.15) is 11.1 Å². The first-order valence-electron chi connectivity index (χ1n) is 8.76. The monoisotopic (exact) mass is 318 g/mol. The quantitative estimate of drug-likeness (QED) is 0.344. The molecule has 0 saturated carbocycles. The highest BCUT2D eigenvalue weighted by atomic mass is 14.3. The number of fused-ring (bicyclic) bond motifs is 3. The Bertz CT molecular complexity index is 1040. The molecule has 0 bridgehead atoms. The average Bonchev–Trinajstić information content (AvgIpc) is 3.07. The second kappa shape index (κ2) is 5.75. The van der Waals surface area contributed by atoms with E-state index in [1.54, 1.807) is 0 Å². The van der Waals surface area contributed by atoms with Gasteiger partial charge in [0.15, 0.2) is 0 Å². The van der Waals surface area contributed by atoms with Gasteiger partial charge in [-0.25, -0.2) is 0 Å². The van der Waals surface area contributed by atoms with E-state index in [1.165, 1.54) is 44.5 Å². The van der Waals surface area contributed by atoms with Gasteiger partial charge >= 0.3 is 0 Å². The summed E-state index contributed by atoms with van der Waals surface area (Å²) < 4.78 is 0. The Balaban J connectivity index is 1.80. The van der Waals surface area contributed by atoms with Gasteiger partial charge in [0.2, 0.25) is 0 Å². The van der Waals surface area contributed by atoms with Gasteiger partial charge in [0.25, 0.3) is 0 Å². The van der Waals surface area contributed by atoms with Crippen LogP contribution >= 0.6 is 0 Å². The molecule has 0 atom stereocenters. The highest BCUT2D eigenvalue weighted by Crippen LogP contribution is 2.44. The van der Waals surface area contributed by atoms with E-state index >= 15 is 0 Å². The molecule has 0 heteroatoms. The van der Waals surface area contributed by atoms with Crippen molar-refractivity contribution in [1.82, 2.24) is 0 Å². The first-order chi connectivity index (χ1) is 12.4. The summed E-state index contributed by atoms with van der Waals surface area (Å²) in [5, 5.41) is 0. The van der Waals surface area contributed by atoms with Crippen molar-refractivity contribution in [2.75, 3.05) is 0 Å². The van der Waals surface area contributed by atoms with Crippen molar-refractivity contribution < 1.29 is 0 Å². The summed E-state index contributed by atoms with van der Waals surface area (Å²) in [5.41, 5.74) is 10.9. The predicted molar refractivity (Wildman–Crippen MR) is 106 cm³/mol. The molecule has 0 amide bonds. The number of hydrogen-bond donors (Lipinski definition) is 0. The van der Waals surface area contributed by atoms with Gasteiger partial charge in [-0.1, -0.05) is 84.9 Å². The van der Waals surface area contributed by atoms with Gasteiger partial charge < -0.3 is 0 Å². The van der Waals surface area contributed by atoms with E-state index in [-0.39, 0.29) is 0 Å². The second-order valence-corrected chi connectivity index (χ2v) is 6.62. The van der Waals surface area contributed by atoms with Gasteiger partial charge in [-0.2, -0.15) is 0 Å². The summed E-state index contributed by atoms with van der Waals surface area (Å²) in [6.07, 6.45) is 1.02. The van der Waals surface area contributed by atoms with Crippen LogP contribution in [0.3, 0.4) is 0 Å². The van der Waals surface area contributed by atoms with Gasteiger partial charge in [0.05, 0.1) is 0 Å². The van der Waals surface area contributed by atoms with Gasteiger partial charge in [-0.3, -0.25) is 0 Å². The zero-order chi connectivity index (χ0) is 16.6. The molecule has 0 radical (unpaired) electrons. The van der Waals surface area contributed by atoms with Crippen LogP contribution in [0.25, 0.3) is 33.4 Å². The van der Waals surface area contributed by atoms with Crippen LogP contribution in [0.4, 0.5) is 0 Å². The van der Waals surface area contributed by atoms with E-state index in [1.807, 2.05) is 0 Å². The molecule has 0 aromatic heterocycles. The molecule has 0 spiro atoms. The van der Waals surface area contributed by atoms with Crippen LogP contribution in [0.15, 0.2) is 97.1 Å². The van der Waals surface area contributed by atoms with Crippen molar-refractivity contribution >= 4 is 0 Å². The molecular formula is C25H18. The smallest absolute Gasteiger partial charge is 0.000728 e. The molecule has 0 nitrogen and oxygen atoms in total. The van der Waals surface area contributed by atoms with Crippen LogP contribution in [-0.2, 0) is 6.42 Å². The highest BCUT2D eigenvalue weighted by Gasteiger charge is 2.22. The van der Waals surface area contributed by atoms with Crippen LogP contribution in [0.2, 0.25) is 0 Å². The van der Waals surface area contributed by atoms with Crippen molar-refractivity contribution in [2.45, 2.75) is 6.42 Å². The van der Waals surface area contributed by atoms with Crippen LogP contribution in [0.5, 0.6) is 0 Å². The lowest BCUT2D eigenvalue weighted by Crippen LogP contribution is -1.90. The summed E-state index contributed by atoms with van der Waals surface area (Å²) in [6.45, 7) is 0. The minimum atomic E-state index is 1.02. The molecule has 0 N–H and O–H groups in total. The van der Waals surface area contributed by atoms with Crippen molar-refractivity contribution in [2.24, 2.45) is 0 Å². The third-order valence-corrected chi connectivity index (χ3v) is 5.12. The van der Waals surface area contributed by atoms with Gasteiger partial charge in [0, 0.05) is 0 Å². The minimum Gasteiger partial charge on any atom is -0.0622 e. The van der Waals surface area contributed by atoms with Crippen LogP contribution in [0, 0.1) is 0 Å². The number of benzene rings is 4. The first-order valence-corrected chi connectivity index (χ1v) is 8.76. The largest absolute Gasteiger partial charge is 0.0622 e. The zero-order valence-electron chi connectivity index (χ0n) is 13.9. The van der Waals surface area contributed by atoms with E-state index in [2.05, 4.69) is 97.1 Å². The van der Waals surface area contributed by atoms with E-state index in [9.17, 15) is 0 Å². The Labute approximate surface area is 148 Å². The molecule has 118 valence electrons. The van der Waals surface area contributed by atoms with Crippen LogP contribution in [-0.4, -0.2) is 0 Å². The molecule has 4 aromatic carbocycles. The lowest BCUT2D eigenvalue weighted by atomic mass is 9.91. The van der Waals surface area contributed by atoms with Crippen molar-refractivity contribution in [3.63, 3.8) is 0 Å². The average molecular weight is 318 g/mol. The molecule has 0 saturated heterocycles. The predicted octanol–water partition coefficient (Wildman–Crippen LogP) is 6.59. The summed E-state index contributed by atoms with van der Waals surface area (Å²) in [6, 6.07) is 35.0. The summed E-state index contributed by atoms with van der Waals surface area (Å²) in [5.74, 6) is 0. The zero-order valence-corrected chi connectivity index (χ0v) is 13.9. The normalized spacial score (nSPS) is 11.8. The molecule has 1 aliphatic rings. The maximum atomic E-state index is 2.36. The Hall–Kier alpha value is -3.12. The standard InChI is InChI=1S/C25H18/c1-3-9-18(10-4-1)21-16-23(19-11-5-2-6-12-19)25-15-20-13-7-8-14-22(20)24(25)17-21/h1-14,16-17H,15H2. The topological polar surface area (TPSA) is 0 Å². The molecule has 1 aliphatic carbocycles. The van der Waals surface area contributed by atoms with Crippen LogP contribution < -0.4 is 0 Å². The van der Waals surface area contributed by atoms with E-state index in [0.29, 0.717) is 0 Å². The summed E-state index contributed by atoms with van der Waals surface area (Å²) >= 11 is 0. The summed E-state index contributed by atoms with van der Waals surface area (Å²) in [4.78, 5) is 0. The fourth-order valence-corrected chi connectivity index (χ4v) is 3.90. The Morgan fingerprint density at radius 2 is 1.04 bits per heavy atom. The third-order valence-electron chi connectivity index (χ3n) is 5.12. The van der Waals surface area contributed by atoms with Gasteiger partial charge in [-0.05, 0) is 63.1 Å². The molecule has 0 heterocycles. The Kier molecular flexibility index (Phi) is 3.28. The van der Waals surface area contributed by atoms with E-state index < -0.39 is 0 Å². The molecule has 0 aliphatic heterocycles. The van der Waals surface area contributed by atoms with E-state index in [4.69, 9.17) is 0 Å². The van der Waals surface area contributed by atoms with Crippen molar-refractivity contribution in [3.8, 4) is 33.4 Å². The molecule has 0 unspecified atom stereocenters. The van der Waals surface area contributed by atoms with Gasteiger partial charge in [-0.15, -0.1) is 0 Å². The maximum absolute atomic E-state index is 2.36. The Morgan fingerprint density at radius 3 is 1.80 bits per heavy atom. The molecular weight excluding hydrogens is 300 g/mol. The van der Waals surface area contributed by atoms with Crippen molar-refractivity contribution in [3.05, 3.63) is 108 Å². The number of rotatable bonds is 2.